The normalized spacial score (nSPS) is 12.2. The van der Waals surface area contributed by atoms with Gasteiger partial charge in [-0.2, -0.15) is 0 Å². The molecule has 0 atom stereocenters. The average Bonchev–Trinajstić information content (AvgIpc) is 2.78. The molecule has 7 heteroatoms. The second-order valence-electron chi connectivity index (χ2n) is 11.7. The highest BCUT2D eigenvalue weighted by Crippen LogP contribution is 2.33. The highest BCUT2D eigenvalue weighted by molar-refractivity contribution is 6.42. The molecule has 0 aliphatic heterocycles. The summed E-state index contributed by atoms with van der Waals surface area (Å²) in [6, 6.07) is 4.52. The van der Waals surface area contributed by atoms with Crippen LogP contribution < -0.4 is 0 Å². The lowest BCUT2D eigenvalue weighted by molar-refractivity contribution is -0.169. The average molecular weight is 544 g/mol. The zero-order valence-corrected chi connectivity index (χ0v) is 25.1. The SMILES string of the molecule is CC(C)CCN(CCC(C)C)C(=O)C(O)(C(=O)N(CCC(C)C)CCC(C)C)c1ccc(Cl)c(Cl)c1. The molecule has 0 aromatic heterocycles. The van der Waals surface area contributed by atoms with E-state index in [0.29, 0.717) is 54.9 Å². The van der Waals surface area contributed by atoms with Crippen LogP contribution >= 0.6 is 23.2 Å². The van der Waals surface area contributed by atoms with Crippen LogP contribution in [-0.2, 0) is 15.2 Å². The zero-order valence-electron chi connectivity index (χ0n) is 23.6. The molecule has 0 unspecified atom stereocenters. The van der Waals surface area contributed by atoms with Gasteiger partial charge in [0.2, 0.25) is 5.60 Å². The molecule has 0 bridgehead atoms. The van der Waals surface area contributed by atoms with Gasteiger partial charge in [-0.15, -0.1) is 0 Å². The molecule has 1 aromatic carbocycles. The summed E-state index contributed by atoms with van der Waals surface area (Å²) in [7, 11) is 0. The van der Waals surface area contributed by atoms with E-state index in [1.807, 2.05) is 0 Å². The number of rotatable bonds is 15. The minimum absolute atomic E-state index is 0.157. The molecule has 0 fully saturated rings. The lowest BCUT2D eigenvalue weighted by Gasteiger charge is -2.37. The van der Waals surface area contributed by atoms with Crippen LogP contribution in [0.2, 0.25) is 10.0 Å². The fourth-order valence-electron chi connectivity index (χ4n) is 3.80. The molecule has 1 N–H and O–H groups in total. The third-order valence-electron chi connectivity index (χ3n) is 6.44. The highest BCUT2D eigenvalue weighted by Gasteiger charge is 2.50. The second-order valence-corrected chi connectivity index (χ2v) is 12.5. The Bertz CT molecular complexity index is 776. The van der Waals surface area contributed by atoms with Gasteiger partial charge in [-0.1, -0.05) is 84.7 Å². The highest BCUT2D eigenvalue weighted by atomic mass is 35.5. The first kappa shape index (κ1) is 32.7. The molecule has 0 saturated carbocycles. The molecule has 1 aromatic rings. The molecule has 0 aliphatic carbocycles. The number of hydrogen-bond acceptors (Lipinski definition) is 3. The van der Waals surface area contributed by atoms with Crippen molar-refractivity contribution in [2.24, 2.45) is 23.7 Å². The van der Waals surface area contributed by atoms with Crippen LogP contribution in [0.3, 0.4) is 0 Å². The van der Waals surface area contributed by atoms with Crippen molar-refractivity contribution in [2.75, 3.05) is 26.2 Å². The van der Waals surface area contributed by atoms with Gasteiger partial charge in [-0.05, 0) is 61.5 Å². The number of nitrogens with zero attached hydrogens (tertiary/aromatic N) is 2. The van der Waals surface area contributed by atoms with Crippen molar-refractivity contribution >= 4 is 35.0 Å². The van der Waals surface area contributed by atoms with E-state index in [9.17, 15) is 14.7 Å². The van der Waals surface area contributed by atoms with E-state index in [1.165, 1.54) is 18.2 Å². The van der Waals surface area contributed by atoms with Crippen molar-refractivity contribution in [2.45, 2.75) is 86.7 Å². The number of aliphatic hydroxyl groups is 1. The molecule has 0 saturated heterocycles. The van der Waals surface area contributed by atoms with Crippen LogP contribution in [-0.4, -0.2) is 52.9 Å². The van der Waals surface area contributed by atoms with E-state index in [2.05, 4.69) is 55.4 Å². The maximum Gasteiger partial charge on any atom is 0.269 e. The Labute approximate surface area is 229 Å². The topological polar surface area (TPSA) is 60.9 Å². The lowest BCUT2D eigenvalue weighted by Crippen LogP contribution is -2.57. The Kier molecular flexibility index (Phi) is 13.8. The van der Waals surface area contributed by atoms with E-state index in [-0.39, 0.29) is 10.6 Å². The largest absolute Gasteiger partial charge is 0.368 e. The summed E-state index contributed by atoms with van der Waals surface area (Å²) in [6.45, 7) is 18.7. The number of carbonyl (C=O) groups is 2. The summed E-state index contributed by atoms with van der Waals surface area (Å²) in [5.41, 5.74) is -2.22. The first-order valence-electron chi connectivity index (χ1n) is 13.5. The van der Waals surface area contributed by atoms with Crippen molar-refractivity contribution in [3.8, 4) is 0 Å². The van der Waals surface area contributed by atoms with Gasteiger partial charge in [-0.3, -0.25) is 9.59 Å². The molecule has 0 aliphatic rings. The molecule has 0 spiro atoms. The van der Waals surface area contributed by atoms with Crippen molar-refractivity contribution < 1.29 is 14.7 Å². The summed E-state index contributed by atoms with van der Waals surface area (Å²) in [5.74, 6) is 0.323. The maximum absolute atomic E-state index is 14.2. The first-order valence-corrected chi connectivity index (χ1v) is 14.2. The summed E-state index contributed by atoms with van der Waals surface area (Å²) in [5, 5.41) is 12.6. The van der Waals surface area contributed by atoms with Crippen molar-refractivity contribution in [1.29, 1.82) is 0 Å². The van der Waals surface area contributed by atoms with E-state index in [4.69, 9.17) is 23.2 Å². The maximum atomic E-state index is 14.2. The Hall–Kier alpha value is -1.30. The lowest BCUT2D eigenvalue weighted by atomic mass is 9.89. The molecular formula is C29H48Cl2N2O3. The van der Waals surface area contributed by atoms with Crippen LogP contribution in [0.25, 0.3) is 0 Å². The third-order valence-corrected chi connectivity index (χ3v) is 7.18. The Morgan fingerprint density at radius 2 is 1.03 bits per heavy atom. The number of amides is 2. The molecule has 5 nitrogen and oxygen atoms in total. The summed E-state index contributed by atoms with van der Waals surface area (Å²) >= 11 is 12.5. The smallest absolute Gasteiger partial charge is 0.269 e. The molecule has 1 rings (SSSR count). The summed E-state index contributed by atoms with van der Waals surface area (Å²) in [6.07, 6.45) is 3.11. The molecular weight excluding hydrogens is 495 g/mol. The molecule has 0 heterocycles. The quantitative estimate of drug-likeness (QED) is 0.242. The van der Waals surface area contributed by atoms with Crippen molar-refractivity contribution in [1.82, 2.24) is 9.80 Å². The van der Waals surface area contributed by atoms with Crippen molar-refractivity contribution in [3.05, 3.63) is 33.8 Å². The number of benzene rings is 1. The van der Waals surface area contributed by atoms with Crippen LogP contribution in [0.1, 0.15) is 86.6 Å². The monoisotopic (exact) mass is 542 g/mol. The fourth-order valence-corrected chi connectivity index (χ4v) is 4.10. The Balaban J connectivity index is 3.58. The predicted octanol–water partition coefficient (Wildman–Crippen LogP) is 7.02. The molecule has 2 amide bonds. The summed E-state index contributed by atoms with van der Waals surface area (Å²) < 4.78 is 0. The van der Waals surface area contributed by atoms with Gasteiger partial charge in [0.05, 0.1) is 10.0 Å². The minimum Gasteiger partial charge on any atom is -0.368 e. The van der Waals surface area contributed by atoms with E-state index < -0.39 is 17.4 Å². The van der Waals surface area contributed by atoms with Crippen LogP contribution in [0, 0.1) is 23.7 Å². The number of halogens is 2. The van der Waals surface area contributed by atoms with Gasteiger partial charge in [-0.25, -0.2) is 0 Å². The van der Waals surface area contributed by atoms with Gasteiger partial charge in [0.15, 0.2) is 0 Å². The van der Waals surface area contributed by atoms with Gasteiger partial charge < -0.3 is 14.9 Å². The van der Waals surface area contributed by atoms with E-state index in [0.717, 1.165) is 25.7 Å². The third kappa shape index (κ3) is 9.87. The van der Waals surface area contributed by atoms with Crippen LogP contribution in [0.15, 0.2) is 18.2 Å². The van der Waals surface area contributed by atoms with E-state index in [1.54, 1.807) is 9.80 Å². The Morgan fingerprint density at radius 3 is 1.31 bits per heavy atom. The van der Waals surface area contributed by atoms with Crippen LogP contribution in [0.5, 0.6) is 0 Å². The van der Waals surface area contributed by atoms with Gasteiger partial charge in [0.1, 0.15) is 0 Å². The summed E-state index contributed by atoms with van der Waals surface area (Å²) in [4.78, 5) is 31.6. The fraction of sp³-hybridized carbons (Fsp3) is 0.724. The number of hydrogen-bond donors (Lipinski definition) is 1. The van der Waals surface area contributed by atoms with Crippen molar-refractivity contribution in [3.63, 3.8) is 0 Å². The zero-order chi connectivity index (χ0) is 27.6. The van der Waals surface area contributed by atoms with Gasteiger partial charge in [0, 0.05) is 31.7 Å². The van der Waals surface area contributed by atoms with Gasteiger partial charge in [0.25, 0.3) is 11.8 Å². The standard InChI is InChI=1S/C29H48Cl2N2O3/c1-20(2)11-15-32(16-12-21(3)4)27(34)29(36,24-9-10-25(30)26(31)19-24)28(35)33(17-13-22(5)6)18-14-23(7)8/h9-10,19-23,36H,11-18H2,1-8H3. The second kappa shape index (κ2) is 15.2. The molecule has 206 valence electrons. The van der Waals surface area contributed by atoms with Crippen LogP contribution in [0.4, 0.5) is 0 Å². The predicted molar refractivity (Wildman–Crippen MR) is 151 cm³/mol. The molecule has 36 heavy (non-hydrogen) atoms. The first-order chi connectivity index (χ1) is 16.7. The minimum atomic E-state index is -2.38. The number of carbonyl (C=O) groups excluding carboxylic acids is 2. The van der Waals surface area contributed by atoms with E-state index >= 15 is 0 Å². The Morgan fingerprint density at radius 1 is 0.694 bits per heavy atom. The van der Waals surface area contributed by atoms with Gasteiger partial charge >= 0.3 is 0 Å². The molecule has 0 radical (unpaired) electrons.